The van der Waals surface area contributed by atoms with Crippen molar-refractivity contribution < 1.29 is 9.53 Å². The van der Waals surface area contributed by atoms with Crippen LogP contribution in [0.3, 0.4) is 0 Å². The number of anilines is 2. The molecule has 28 heavy (non-hydrogen) atoms. The van der Waals surface area contributed by atoms with Gasteiger partial charge in [0.05, 0.1) is 12.8 Å². The van der Waals surface area contributed by atoms with Gasteiger partial charge in [-0.05, 0) is 49.2 Å². The van der Waals surface area contributed by atoms with Crippen LogP contribution < -0.4 is 15.4 Å². The number of nitrogens with one attached hydrogen (secondary N) is 2. The van der Waals surface area contributed by atoms with Crippen molar-refractivity contribution in [1.29, 1.82) is 0 Å². The lowest BCUT2D eigenvalue weighted by Crippen LogP contribution is -2.27. The van der Waals surface area contributed by atoms with Gasteiger partial charge in [0.2, 0.25) is 5.95 Å². The molecule has 3 rings (SSSR count). The van der Waals surface area contributed by atoms with Crippen LogP contribution >= 0.6 is 11.6 Å². The van der Waals surface area contributed by atoms with Crippen molar-refractivity contribution in [3.8, 4) is 5.75 Å². The SMILES string of the molecule is COc1ccccc1Nc1nc(C)cc(C(=O)NCCc2cccc(Cl)c2)n1. The molecule has 1 heterocycles. The molecule has 3 aromatic rings. The highest BCUT2D eigenvalue weighted by molar-refractivity contribution is 6.30. The van der Waals surface area contributed by atoms with Crippen LogP contribution in [0.5, 0.6) is 5.75 Å². The fourth-order valence-electron chi connectivity index (χ4n) is 2.71. The zero-order valence-electron chi connectivity index (χ0n) is 15.7. The Hall–Kier alpha value is -3.12. The Labute approximate surface area is 168 Å². The van der Waals surface area contributed by atoms with E-state index in [1.807, 2.05) is 55.5 Å². The summed E-state index contributed by atoms with van der Waals surface area (Å²) in [6.45, 7) is 2.30. The number of ether oxygens (including phenoxy) is 1. The number of carbonyl (C=O) groups is 1. The first-order valence-corrected chi connectivity index (χ1v) is 9.21. The monoisotopic (exact) mass is 396 g/mol. The predicted octanol–water partition coefficient (Wildman–Crippen LogP) is 4.16. The van der Waals surface area contributed by atoms with Gasteiger partial charge in [-0.3, -0.25) is 4.79 Å². The molecule has 1 amide bonds. The second-order valence-electron chi connectivity index (χ2n) is 6.18. The summed E-state index contributed by atoms with van der Waals surface area (Å²) >= 11 is 5.98. The van der Waals surface area contributed by atoms with E-state index in [2.05, 4.69) is 20.6 Å². The number of halogens is 1. The highest BCUT2D eigenvalue weighted by atomic mass is 35.5. The number of carbonyl (C=O) groups excluding carboxylic acids is 1. The van der Waals surface area contributed by atoms with Gasteiger partial charge in [-0.25, -0.2) is 9.97 Å². The van der Waals surface area contributed by atoms with Crippen LogP contribution in [-0.2, 0) is 6.42 Å². The molecule has 0 unspecified atom stereocenters. The van der Waals surface area contributed by atoms with Crippen molar-refractivity contribution in [2.45, 2.75) is 13.3 Å². The number of aromatic nitrogens is 2. The summed E-state index contributed by atoms with van der Waals surface area (Å²) in [6.07, 6.45) is 0.683. The highest BCUT2D eigenvalue weighted by Gasteiger charge is 2.12. The molecule has 0 spiro atoms. The Bertz CT molecular complexity index is 978. The van der Waals surface area contributed by atoms with E-state index in [4.69, 9.17) is 16.3 Å². The topological polar surface area (TPSA) is 76.1 Å². The van der Waals surface area contributed by atoms with Crippen LogP contribution in [0.4, 0.5) is 11.6 Å². The van der Waals surface area contributed by atoms with Gasteiger partial charge in [0.15, 0.2) is 0 Å². The van der Waals surface area contributed by atoms with E-state index < -0.39 is 0 Å². The van der Waals surface area contributed by atoms with E-state index in [9.17, 15) is 4.79 Å². The third-order valence-corrected chi connectivity index (χ3v) is 4.26. The quantitative estimate of drug-likeness (QED) is 0.627. The molecular weight excluding hydrogens is 376 g/mol. The summed E-state index contributed by atoms with van der Waals surface area (Å²) < 4.78 is 5.32. The van der Waals surface area contributed by atoms with Crippen LogP contribution in [-0.4, -0.2) is 29.5 Å². The van der Waals surface area contributed by atoms with Crippen LogP contribution in [0.15, 0.2) is 54.6 Å². The van der Waals surface area contributed by atoms with E-state index in [-0.39, 0.29) is 5.91 Å². The van der Waals surface area contributed by atoms with Gasteiger partial charge in [-0.1, -0.05) is 35.9 Å². The van der Waals surface area contributed by atoms with Crippen LogP contribution in [0, 0.1) is 6.92 Å². The molecule has 0 aliphatic heterocycles. The summed E-state index contributed by atoms with van der Waals surface area (Å²) in [4.78, 5) is 21.2. The lowest BCUT2D eigenvalue weighted by molar-refractivity contribution is 0.0949. The molecule has 0 aliphatic carbocycles. The fourth-order valence-corrected chi connectivity index (χ4v) is 2.93. The molecule has 0 bridgehead atoms. The second-order valence-corrected chi connectivity index (χ2v) is 6.62. The first-order chi connectivity index (χ1) is 13.5. The predicted molar refractivity (Wildman–Crippen MR) is 111 cm³/mol. The number of benzene rings is 2. The molecule has 0 aliphatic rings. The normalized spacial score (nSPS) is 10.4. The minimum absolute atomic E-state index is 0.254. The smallest absolute Gasteiger partial charge is 0.270 e. The van der Waals surface area contributed by atoms with Crippen molar-refractivity contribution in [1.82, 2.24) is 15.3 Å². The van der Waals surface area contributed by atoms with Crippen molar-refractivity contribution >= 4 is 29.1 Å². The zero-order valence-corrected chi connectivity index (χ0v) is 16.5. The Morgan fingerprint density at radius 3 is 2.71 bits per heavy atom. The van der Waals surface area contributed by atoms with Gasteiger partial charge in [0, 0.05) is 17.3 Å². The molecule has 2 N–H and O–H groups in total. The summed E-state index contributed by atoms with van der Waals surface area (Å²) in [5, 5.41) is 6.67. The minimum Gasteiger partial charge on any atom is -0.495 e. The average molecular weight is 397 g/mol. The number of aryl methyl sites for hydroxylation is 1. The maximum Gasteiger partial charge on any atom is 0.270 e. The highest BCUT2D eigenvalue weighted by Crippen LogP contribution is 2.25. The van der Waals surface area contributed by atoms with E-state index in [0.29, 0.717) is 41.1 Å². The lowest BCUT2D eigenvalue weighted by atomic mass is 10.1. The summed E-state index contributed by atoms with van der Waals surface area (Å²) in [6, 6.07) is 16.7. The van der Waals surface area contributed by atoms with Gasteiger partial charge >= 0.3 is 0 Å². The summed E-state index contributed by atoms with van der Waals surface area (Å²) in [7, 11) is 1.59. The van der Waals surface area contributed by atoms with E-state index in [1.54, 1.807) is 13.2 Å². The minimum atomic E-state index is -0.254. The maximum absolute atomic E-state index is 12.5. The standard InChI is InChI=1S/C21H21ClN4O2/c1-14-12-18(20(27)23-11-10-15-6-5-7-16(22)13-15)26-21(24-14)25-17-8-3-4-9-19(17)28-2/h3-9,12-13H,10-11H2,1-2H3,(H,23,27)(H,24,25,26). The van der Waals surface area contributed by atoms with Gasteiger partial charge < -0.3 is 15.4 Å². The third-order valence-electron chi connectivity index (χ3n) is 4.03. The molecule has 144 valence electrons. The van der Waals surface area contributed by atoms with Gasteiger partial charge in [0.1, 0.15) is 11.4 Å². The zero-order chi connectivity index (χ0) is 19.9. The van der Waals surface area contributed by atoms with Crippen molar-refractivity contribution in [3.05, 3.63) is 76.6 Å². The first-order valence-electron chi connectivity index (χ1n) is 8.83. The van der Waals surface area contributed by atoms with Gasteiger partial charge in [-0.15, -0.1) is 0 Å². The van der Waals surface area contributed by atoms with Crippen LogP contribution in [0.1, 0.15) is 21.7 Å². The molecule has 0 saturated carbocycles. The third kappa shape index (κ3) is 5.20. The fraction of sp³-hybridized carbons (Fsp3) is 0.190. The molecule has 7 heteroatoms. The van der Waals surface area contributed by atoms with Crippen molar-refractivity contribution in [3.63, 3.8) is 0 Å². The molecule has 1 aromatic heterocycles. The summed E-state index contributed by atoms with van der Waals surface area (Å²) in [5.74, 6) is 0.750. The average Bonchev–Trinajstić information content (AvgIpc) is 2.68. The Balaban J connectivity index is 1.67. The van der Waals surface area contributed by atoms with E-state index in [1.165, 1.54) is 0 Å². The molecule has 0 atom stereocenters. The molecule has 0 fully saturated rings. The van der Waals surface area contributed by atoms with Gasteiger partial charge in [-0.2, -0.15) is 0 Å². The van der Waals surface area contributed by atoms with E-state index >= 15 is 0 Å². The van der Waals surface area contributed by atoms with Crippen LogP contribution in [0.25, 0.3) is 0 Å². The number of hydrogen-bond donors (Lipinski definition) is 2. The number of para-hydroxylation sites is 2. The second kappa shape index (κ2) is 9.19. The Morgan fingerprint density at radius 2 is 1.93 bits per heavy atom. The lowest BCUT2D eigenvalue weighted by Gasteiger charge is -2.11. The van der Waals surface area contributed by atoms with Crippen molar-refractivity contribution in [2.75, 3.05) is 19.0 Å². The number of nitrogens with zero attached hydrogens (tertiary/aromatic N) is 2. The molecular formula is C21H21ClN4O2. The molecule has 2 aromatic carbocycles. The van der Waals surface area contributed by atoms with Crippen molar-refractivity contribution in [2.24, 2.45) is 0 Å². The Kier molecular flexibility index (Phi) is 6.45. The van der Waals surface area contributed by atoms with E-state index in [0.717, 1.165) is 11.3 Å². The van der Waals surface area contributed by atoms with Crippen LogP contribution in [0.2, 0.25) is 5.02 Å². The Morgan fingerprint density at radius 1 is 1.11 bits per heavy atom. The van der Waals surface area contributed by atoms with Gasteiger partial charge in [0.25, 0.3) is 5.91 Å². The molecule has 0 saturated heterocycles. The number of hydrogen-bond acceptors (Lipinski definition) is 5. The summed E-state index contributed by atoms with van der Waals surface area (Å²) in [5.41, 5.74) is 2.77. The number of rotatable bonds is 7. The largest absolute Gasteiger partial charge is 0.495 e. The molecule has 6 nitrogen and oxygen atoms in total. The first kappa shape index (κ1) is 19.6. The molecule has 0 radical (unpaired) electrons. The maximum atomic E-state index is 12.5. The number of amides is 1. The number of methoxy groups -OCH3 is 1.